The molecule has 0 bridgehead atoms. The van der Waals surface area contributed by atoms with Crippen LogP contribution in [0.3, 0.4) is 0 Å². The van der Waals surface area contributed by atoms with Crippen LogP contribution >= 0.6 is 15.9 Å². The number of rotatable bonds is 3. The first kappa shape index (κ1) is 16.0. The normalized spacial score (nSPS) is 12.5. The van der Waals surface area contributed by atoms with Crippen molar-refractivity contribution in [1.82, 2.24) is 5.32 Å². The topological polar surface area (TPSA) is 12.0 Å². The SMILES string of the molecule is CNC(c1cc(C)c(F)cc1F)c1cc(F)c(Br)cc1F. The molecule has 2 rings (SSSR count). The van der Waals surface area contributed by atoms with Crippen LogP contribution in [-0.2, 0) is 0 Å². The van der Waals surface area contributed by atoms with Crippen LogP contribution < -0.4 is 5.32 Å². The second-order valence-corrected chi connectivity index (χ2v) is 5.49. The van der Waals surface area contributed by atoms with Gasteiger partial charge >= 0.3 is 0 Å². The van der Waals surface area contributed by atoms with E-state index in [1.165, 1.54) is 20.0 Å². The number of aryl methyl sites for hydroxylation is 1. The van der Waals surface area contributed by atoms with Gasteiger partial charge in [0.2, 0.25) is 0 Å². The predicted molar refractivity (Wildman–Crippen MR) is 76.1 cm³/mol. The standard InChI is InChI=1S/C15H12BrF4N/c1-7-3-8(13(19)6-11(7)17)15(21-2)9-4-14(20)10(16)5-12(9)18/h3-6,15,21H,1-2H3. The van der Waals surface area contributed by atoms with Gasteiger partial charge in [-0.25, -0.2) is 17.6 Å². The minimum absolute atomic E-state index is 0.0191. The largest absolute Gasteiger partial charge is 0.309 e. The second-order valence-electron chi connectivity index (χ2n) is 4.63. The molecule has 0 fully saturated rings. The van der Waals surface area contributed by atoms with Gasteiger partial charge in [-0.05, 0) is 53.7 Å². The lowest BCUT2D eigenvalue weighted by atomic mass is 9.96. The van der Waals surface area contributed by atoms with Crippen LogP contribution in [0.4, 0.5) is 17.6 Å². The summed E-state index contributed by atoms with van der Waals surface area (Å²) in [6, 6.07) is 3.06. The summed E-state index contributed by atoms with van der Waals surface area (Å²) in [5, 5.41) is 2.73. The summed E-state index contributed by atoms with van der Waals surface area (Å²) in [6.07, 6.45) is 0. The van der Waals surface area contributed by atoms with E-state index in [2.05, 4.69) is 21.2 Å². The average Bonchev–Trinajstić information content (AvgIpc) is 2.42. The van der Waals surface area contributed by atoms with Gasteiger partial charge in [-0.15, -0.1) is 0 Å². The lowest BCUT2D eigenvalue weighted by Gasteiger charge is -2.20. The summed E-state index contributed by atoms with van der Waals surface area (Å²) in [5.74, 6) is -2.86. The molecule has 0 aromatic heterocycles. The Balaban J connectivity index is 2.60. The molecule has 2 aromatic rings. The van der Waals surface area contributed by atoms with Crippen LogP contribution in [-0.4, -0.2) is 7.05 Å². The highest BCUT2D eigenvalue weighted by Gasteiger charge is 2.22. The molecule has 0 aliphatic rings. The zero-order chi connectivity index (χ0) is 15.7. The van der Waals surface area contributed by atoms with Crippen molar-refractivity contribution in [3.63, 3.8) is 0 Å². The number of hydrogen-bond donors (Lipinski definition) is 1. The summed E-state index contributed by atoms with van der Waals surface area (Å²) < 4.78 is 54.9. The fourth-order valence-corrected chi connectivity index (χ4v) is 2.45. The van der Waals surface area contributed by atoms with Crippen molar-refractivity contribution in [1.29, 1.82) is 0 Å². The zero-order valence-electron chi connectivity index (χ0n) is 11.3. The van der Waals surface area contributed by atoms with Crippen LogP contribution in [0.15, 0.2) is 28.7 Å². The van der Waals surface area contributed by atoms with Crippen molar-refractivity contribution in [3.05, 3.63) is 68.7 Å². The van der Waals surface area contributed by atoms with Gasteiger partial charge in [0.1, 0.15) is 23.3 Å². The molecule has 0 saturated carbocycles. The van der Waals surface area contributed by atoms with Crippen LogP contribution in [0.1, 0.15) is 22.7 Å². The molecule has 1 N–H and O–H groups in total. The summed E-state index contributed by atoms with van der Waals surface area (Å²) in [6.45, 7) is 1.48. The Morgan fingerprint density at radius 1 is 0.857 bits per heavy atom. The summed E-state index contributed by atoms with van der Waals surface area (Å²) >= 11 is 2.88. The van der Waals surface area contributed by atoms with Crippen LogP contribution in [0, 0.1) is 30.2 Å². The maximum absolute atomic E-state index is 14.0. The van der Waals surface area contributed by atoms with Gasteiger partial charge in [0.15, 0.2) is 0 Å². The van der Waals surface area contributed by atoms with E-state index in [1.54, 1.807) is 0 Å². The molecule has 0 aliphatic heterocycles. The van der Waals surface area contributed by atoms with Crippen molar-refractivity contribution >= 4 is 15.9 Å². The monoisotopic (exact) mass is 361 g/mol. The van der Waals surface area contributed by atoms with Crippen molar-refractivity contribution in [2.45, 2.75) is 13.0 Å². The summed E-state index contributed by atoms with van der Waals surface area (Å²) in [7, 11) is 1.49. The quantitative estimate of drug-likeness (QED) is 0.621. The minimum atomic E-state index is -0.924. The van der Waals surface area contributed by atoms with E-state index < -0.39 is 29.3 Å². The van der Waals surface area contributed by atoms with E-state index in [1.807, 2.05) is 0 Å². The molecule has 1 unspecified atom stereocenters. The fraction of sp³-hybridized carbons (Fsp3) is 0.200. The van der Waals surface area contributed by atoms with Gasteiger partial charge in [0.25, 0.3) is 0 Å². The van der Waals surface area contributed by atoms with Crippen molar-refractivity contribution in [3.8, 4) is 0 Å². The number of hydrogen-bond acceptors (Lipinski definition) is 1. The van der Waals surface area contributed by atoms with Gasteiger partial charge in [-0.2, -0.15) is 0 Å². The summed E-state index contributed by atoms with van der Waals surface area (Å²) in [4.78, 5) is 0. The summed E-state index contributed by atoms with van der Waals surface area (Å²) in [5.41, 5.74) is 0.227. The Kier molecular flexibility index (Phi) is 4.68. The maximum atomic E-state index is 14.0. The first-order valence-corrected chi connectivity index (χ1v) is 6.91. The van der Waals surface area contributed by atoms with Crippen molar-refractivity contribution in [2.24, 2.45) is 0 Å². The molecule has 0 spiro atoms. The van der Waals surface area contributed by atoms with Crippen LogP contribution in [0.2, 0.25) is 0 Å². The number of halogens is 5. The van der Waals surface area contributed by atoms with Gasteiger partial charge in [0, 0.05) is 17.2 Å². The van der Waals surface area contributed by atoms with Gasteiger partial charge < -0.3 is 5.32 Å². The number of benzene rings is 2. The first-order valence-electron chi connectivity index (χ1n) is 6.12. The molecular weight excluding hydrogens is 350 g/mol. The van der Waals surface area contributed by atoms with Crippen molar-refractivity contribution < 1.29 is 17.6 Å². The molecule has 0 aliphatic carbocycles. The number of nitrogens with one attached hydrogen (secondary N) is 1. The Hall–Kier alpha value is -1.40. The first-order chi connectivity index (χ1) is 9.85. The predicted octanol–water partition coefficient (Wildman–Crippen LogP) is 4.62. The van der Waals surface area contributed by atoms with Gasteiger partial charge in [-0.1, -0.05) is 0 Å². The molecule has 0 amide bonds. The van der Waals surface area contributed by atoms with Gasteiger partial charge in [0.05, 0.1) is 10.5 Å². The van der Waals surface area contributed by atoms with E-state index in [-0.39, 0.29) is 21.2 Å². The van der Waals surface area contributed by atoms with Crippen LogP contribution in [0.5, 0.6) is 0 Å². The lowest BCUT2D eigenvalue weighted by Crippen LogP contribution is -2.21. The highest BCUT2D eigenvalue weighted by atomic mass is 79.9. The fourth-order valence-electron chi connectivity index (χ4n) is 2.14. The molecule has 0 radical (unpaired) electrons. The average molecular weight is 362 g/mol. The van der Waals surface area contributed by atoms with Crippen molar-refractivity contribution in [2.75, 3.05) is 7.05 Å². The third-order valence-electron chi connectivity index (χ3n) is 3.23. The molecule has 2 aromatic carbocycles. The second kappa shape index (κ2) is 6.15. The third-order valence-corrected chi connectivity index (χ3v) is 3.84. The maximum Gasteiger partial charge on any atom is 0.137 e. The molecular formula is C15H12BrF4N. The van der Waals surface area contributed by atoms with Crippen LogP contribution in [0.25, 0.3) is 0 Å². The zero-order valence-corrected chi connectivity index (χ0v) is 12.9. The van der Waals surface area contributed by atoms with E-state index in [0.717, 1.165) is 18.2 Å². The van der Waals surface area contributed by atoms with E-state index >= 15 is 0 Å². The highest BCUT2D eigenvalue weighted by Crippen LogP contribution is 2.30. The lowest BCUT2D eigenvalue weighted by molar-refractivity contribution is 0.525. The molecule has 0 heterocycles. The Morgan fingerprint density at radius 2 is 1.43 bits per heavy atom. The minimum Gasteiger partial charge on any atom is -0.309 e. The highest BCUT2D eigenvalue weighted by molar-refractivity contribution is 9.10. The van der Waals surface area contributed by atoms with E-state index in [4.69, 9.17) is 0 Å². The van der Waals surface area contributed by atoms with E-state index in [9.17, 15) is 17.6 Å². The molecule has 21 heavy (non-hydrogen) atoms. The molecule has 1 nitrogen and oxygen atoms in total. The molecule has 1 atom stereocenters. The molecule has 112 valence electrons. The Morgan fingerprint density at radius 3 is 2.05 bits per heavy atom. The molecule has 6 heteroatoms. The Bertz CT molecular complexity index is 630. The molecule has 0 saturated heterocycles. The Labute approximate surface area is 128 Å². The van der Waals surface area contributed by atoms with E-state index in [0.29, 0.717) is 0 Å². The van der Waals surface area contributed by atoms with Gasteiger partial charge in [-0.3, -0.25) is 0 Å². The third kappa shape index (κ3) is 3.11. The smallest absolute Gasteiger partial charge is 0.137 e.